The fraction of sp³-hybridized carbons (Fsp3) is 0.0930. The molecule has 0 unspecified atom stereocenters. The van der Waals surface area contributed by atoms with Crippen molar-refractivity contribution in [2.75, 3.05) is 13.7 Å². The summed E-state index contributed by atoms with van der Waals surface area (Å²) < 4.78 is 14.9. The number of carbonyl (C=O) groups excluding carboxylic acids is 1. The molecule has 0 fully saturated rings. The summed E-state index contributed by atoms with van der Waals surface area (Å²) in [6.45, 7) is 2.31. The van der Waals surface area contributed by atoms with Crippen LogP contribution in [0.25, 0.3) is 39.2 Å². The van der Waals surface area contributed by atoms with Crippen LogP contribution < -0.4 is 4.74 Å². The Morgan fingerprint density at radius 2 is 1.25 bits per heavy atom. The first-order valence-electron chi connectivity index (χ1n) is 17.0. The normalized spacial score (nSPS) is 11.4. The van der Waals surface area contributed by atoms with E-state index in [2.05, 4.69) is 53.7 Å². The number of ether oxygens (including phenoxy) is 2. The van der Waals surface area contributed by atoms with Crippen molar-refractivity contribution in [2.24, 2.45) is 0 Å². The number of rotatable bonds is 10. The molecule has 6 aromatic carbocycles. The summed E-state index contributed by atoms with van der Waals surface area (Å²) >= 11 is 0. The average molecular weight is 683 g/mol. The Morgan fingerprint density at radius 3 is 1.83 bits per heavy atom. The van der Waals surface area contributed by atoms with E-state index in [9.17, 15) is 4.79 Å². The first-order chi connectivity index (χ1) is 25.6. The number of imidazole rings is 1. The van der Waals surface area contributed by atoms with Gasteiger partial charge >= 0.3 is 12.0 Å². The van der Waals surface area contributed by atoms with Gasteiger partial charge in [-0.3, -0.25) is 4.57 Å². The van der Waals surface area contributed by atoms with Crippen LogP contribution in [0.15, 0.2) is 158 Å². The van der Waals surface area contributed by atoms with E-state index in [1.165, 1.54) is 7.11 Å². The van der Waals surface area contributed by atoms with Gasteiger partial charge in [0.2, 0.25) is 0 Å². The largest absolute Gasteiger partial charge is 0.465 e. The highest BCUT2D eigenvalue weighted by molar-refractivity contribution is 6.03. The topological polar surface area (TPSA) is 97.0 Å². The Hall–Kier alpha value is -6.87. The van der Waals surface area contributed by atoms with Crippen molar-refractivity contribution in [2.45, 2.75) is 12.5 Å². The maximum atomic E-state index is 12.8. The number of nitrogens with zero attached hydrogens (tertiary/aromatic N) is 6. The second kappa shape index (κ2) is 13.8. The summed E-state index contributed by atoms with van der Waals surface area (Å²) in [6, 6.07) is 53.1. The standard InChI is InChI=1S/C43H34N6O3/c1-3-52-42-44-38-25-15-24-37(41(50)51-2)39(38)48(42)34-28-26-30(27-29-34)35-22-13-14-23-36(35)40-45-46-47-49(40)43(31-16-7-4-8-17-31,32-18-9-5-10-19-32)33-20-11-6-12-21-33/h4-29H,3H2,1-2H3. The van der Waals surface area contributed by atoms with Crippen molar-refractivity contribution in [1.82, 2.24) is 29.8 Å². The molecule has 254 valence electrons. The van der Waals surface area contributed by atoms with Gasteiger partial charge in [-0.1, -0.05) is 133 Å². The quantitative estimate of drug-likeness (QED) is 0.106. The number of hydrogen-bond donors (Lipinski definition) is 0. The SMILES string of the molecule is CCOc1nc2cccc(C(=O)OC)c2n1-c1ccc(-c2ccccc2-c2nnnn2C(c2ccccc2)(c2ccccc2)c2ccccc2)cc1. The molecule has 0 aliphatic rings. The molecule has 9 nitrogen and oxygen atoms in total. The molecule has 0 atom stereocenters. The fourth-order valence-electron chi connectivity index (χ4n) is 7.05. The van der Waals surface area contributed by atoms with Gasteiger partial charge < -0.3 is 9.47 Å². The lowest BCUT2D eigenvalue weighted by molar-refractivity contribution is 0.0602. The van der Waals surface area contributed by atoms with Gasteiger partial charge in [0.15, 0.2) is 5.82 Å². The van der Waals surface area contributed by atoms with Crippen molar-refractivity contribution < 1.29 is 14.3 Å². The van der Waals surface area contributed by atoms with E-state index in [0.29, 0.717) is 35.0 Å². The zero-order valence-electron chi connectivity index (χ0n) is 28.6. The van der Waals surface area contributed by atoms with Crippen molar-refractivity contribution in [3.8, 4) is 34.2 Å². The van der Waals surface area contributed by atoms with Crippen LogP contribution in [0.2, 0.25) is 0 Å². The third-order valence-corrected chi connectivity index (χ3v) is 9.29. The Morgan fingerprint density at radius 1 is 0.673 bits per heavy atom. The van der Waals surface area contributed by atoms with Crippen molar-refractivity contribution in [3.63, 3.8) is 0 Å². The molecule has 0 aliphatic heterocycles. The van der Waals surface area contributed by atoms with Crippen LogP contribution in [0.4, 0.5) is 0 Å². The highest BCUT2D eigenvalue weighted by atomic mass is 16.5. The Bertz CT molecular complexity index is 2380. The van der Waals surface area contributed by atoms with Crippen LogP contribution in [-0.2, 0) is 10.3 Å². The number of tetrazole rings is 1. The van der Waals surface area contributed by atoms with Gasteiger partial charge in [0.1, 0.15) is 5.54 Å². The van der Waals surface area contributed by atoms with Gasteiger partial charge in [0, 0.05) is 5.56 Å². The molecule has 0 saturated carbocycles. The minimum absolute atomic E-state index is 0.389. The molecule has 0 spiro atoms. The van der Waals surface area contributed by atoms with Gasteiger partial charge in [-0.05, 0) is 69.4 Å². The summed E-state index contributed by atoms with van der Waals surface area (Å²) in [6.07, 6.45) is 0. The molecule has 0 amide bonds. The molecule has 8 rings (SSSR count). The molecule has 0 N–H and O–H groups in total. The number of hydrogen-bond acceptors (Lipinski definition) is 7. The molecule has 2 aromatic heterocycles. The molecule has 0 radical (unpaired) electrons. The van der Waals surface area contributed by atoms with E-state index >= 15 is 0 Å². The number of carbonyl (C=O) groups is 1. The predicted octanol–water partition coefficient (Wildman–Crippen LogP) is 8.37. The van der Waals surface area contributed by atoms with Crippen molar-refractivity contribution in [3.05, 3.63) is 180 Å². The first-order valence-corrected chi connectivity index (χ1v) is 17.0. The third-order valence-electron chi connectivity index (χ3n) is 9.29. The average Bonchev–Trinajstić information content (AvgIpc) is 3.85. The van der Waals surface area contributed by atoms with Crippen molar-refractivity contribution >= 4 is 17.0 Å². The maximum absolute atomic E-state index is 12.8. The lowest BCUT2D eigenvalue weighted by Gasteiger charge is -2.36. The summed E-state index contributed by atoms with van der Waals surface area (Å²) in [4.78, 5) is 17.5. The number of aromatic nitrogens is 6. The molecule has 9 heteroatoms. The zero-order chi connectivity index (χ0) is 35.5. The number of fused-ring (bicyclic) bond motifs is 1. The van der Waals surface area contributed by atoms with Crippen LogP contribution in [0, 0.1) is 0 Å². The van der Waals surface area contributed by atoms with Crippen LogP contribution >= 0.6 is 0 Å². The second-order valence-corrected chi connectivity index (χ2v) is 12.1. The van der Waals surface area contributed by atoms with E-state index in [1.54, 1.807) is 12.1 Å². The number of para-hydroxylation sites is 1. The zero-order valence-corrected chi connectivity index (χ0v) is 28.6. The number of benzene rings is 6. The summed E-state index contributed by atoms with van der Waals surface area (Å²) in [7, 11) is 1.37. The second-order valence-electron chi connectivity index (χ2n) is 12.1. The van der Waals surface area contributed by atoms with E-state index in [1.807, 2.05) is 113 Å². The Kier molecular flexibility index (Phi) is 8.58. The molecule has 52 heavy (non-hydrogen) atoms. The molecule has 0 bridgehead atoms. The molecule has 2 heterocycles. The van der Waals surface area contributed by atoms with Crippen LogP contribution in [0.3, 0.4) is 0 Å². The van der Waals surface area contributed by atoms with Gasteiger partial charge in [-0.15, -0.1) is 5.10 Å². The van der Waals surface area contributed by atoms with Crippen LogP contribution in [0.1, 0.15) is 34.0 Å². The Labute approximate surface area is 300 Å². The van der Waals surface area contributed by atoms with Crippen LogP contribution in [-0.4, -0.2) is 49.4 Å². The monoisotopic (exact) mass is 682 g/mol. The molecule has 8 aromatic rings. The summed E-state index contributed by atoms with van der Waals surface area (Å²) in [5.41, 5.74) is 7.36. The summed E-state index contributed by atoms with van der Waals surface area (Å²) in [5, 5.41) is 13.8. The first kappa shape index (κ1) is 32.3. The van der Waals surface area contributed by atoms with Gasteiger partial charge in [-0.2, -0.15) is 4.98 Å². The van der Waals surface area contributed by atoms with Gasteiger partial charge in [0.05, 0.1) is 36.0 Å². The molecule has 0 aliphatic carbocycles. The Balaban J connectivity index is 1.30. The number of methoxy groups -OCH3 is 1. The third kappa shape index (κ3) is 5.39. The molecular weight excluding hydrogens is 649 g/mol. The van der Waals surface area contributed by atoms with E-state index in [-0.39, 0.29) is 0 Å². The number of esters is 1. The smallest absolute Gasteiger partial charge is 0.340 e. The predicted molar refractivity (Wildman–Crippen MR) is 200 cm³/mol. The highest BCUT2D eigenvalue weighted by Gasteiger charge is 2.42. The van der Waals surface area contributed by atoms with Gasteiger partial charge in [-0.25, -0.2) is 9.48 Å². The fourth-order valence-corrected chi connectivity index (χ4v) is 7.05. The van der Waals surface area contributed by atoms with E-state index < -0.39 is 11.5 Å². The lowest BCUT2D eigenvalue weighted by atomic mass is 9.77. The summed E-state index contributed by atoms with van der Waals surface area (Å²) in [5.74, 6) is 0.161. The minimum Gasteiger partial charge on any atom is -0.465 e. The molecule has 0 saturated heterocycles. The lowest BCUT2D eigenvalue weighted by Crippen LogP contribution is -2.39. The van der Waals surface area contributed by atoms with Crippen LogP contribution in [0.5, 0.6) is 6.01 Å². The minimum atomic E-state index is -0.894. The van der Waals surface area contributed by atoms with Crippen molar-refractivity contribution in [1.29, 1.82) is 0 Å². The maximum Gasteiger partial charge on any atom is 0.340 e. The van der Waals surface area contributed by atoms with Gasteiger partial charge in [0.25, 0.3) is 0 Å². The molecular formula is C43H34N6O3. The van der Waals surface area contributed by atoms with E-state index in [4.69, 9.17) is 24.8 Å². The highest BCUT2D eigenvalue weighted by Crippen LogP contribution is 2.43. The van der Waals surface area contributed by atoms with E-state index in [0.717, 1.165) is 39.1 Å².